The number of nitrogens with one attached hydrogen (secondary N) is 2. The fraction of sp³-hybridized carbons (Fsp3) is 0.667. The van der Waals surface area contributed by atoms with E-state index in [0.29, 0.717) is 5.96 Å². The second kappa shape index (κ2) is 13.9. The summed E-state index contributed by atoms with van der Waals surface area (Å²) in [6, 6.07) is 5.88. The van der Waals surface area contributed by atoms with Gasteiger partial charge in [0.2, 0.25) is 0 Å². The maximum atomic E-state index is 5.86. The van der Waals surface area contributed by atoms with Crippen LogP contribution in [0.4, 0.5) is 5.82 Å². The van der Waals surface area contributed by atoms with Gasteiger partial charge in [0, 0.05) is 25.8 Å². The van der Waals surface area contributed by atoms with Crippen molar-refractivity contribution in [1.82, 2.24) is 10.3 Å². The lowest BCUT2D eigenvalue weighted by Crippen LogP contribution is -2.32. The van der Waals surface area contributed by atoms with Crippen molar-refractivity contribution in [1.29, 1.82) is 0 Å². The molecule has 0 amide bonds. The summed E-state index contributed by atoms with van der Waals surface area (Å²) in [7, 11) is 0. The minimum absolute atomic E-state index is 0.580. The number of guanidine groups is 1. The smallest absolute Gasteiger partial charge is 0.188 e. The van der Waals surface area contributed by atoms with Crippen LogP contribution in [0, 0.1) is 0 Å². The number of anilines is 1. The third-order valence-electron chi connectivity index (χ3n) is 3.67. The van der Waals surface area contributed by atoms with Crippen LogP contribution in [0.2, 0.25) is 0 Å². The maximum absolute atomic E-state index is 5.86. The fourth-order valence-electron chi connectivity index (χ4n) is 2.30. The molecule has 1 aromatic heterocycles. The summed E-state index contributed by atoms with van der Waals surface area (Å²) in [6.07, 6.45) is 11.7. The molecule has 4 N–H and O–H groups in total. The van der Waals surface area contributed by atoms with E-state index in [1.54, 1.807) is 6.20 Å². The maximum Gasteiger partial charge on any atom is 0.188 e. The molecular weight excluding hydrogens is 286 g/mol. The SMILES string of the molecule is CCCCCCCCN=C(N)NCCCCNc1ccccn1. The molecule has 1 aromatic rings. The highest BCUT2D eigenvalue weighted by Crippen LogP contribution is 2.04. The number of nitrogens with zero attached hydrogens (tertiary/aromatic N) is 2. The van der Waals surface area contributed by atoms with E-state index < -0.39 is 0 Å². The van der Waals surface area contributed by atoms with E-state index >= 15 is 0 Å². The molecule has 0 bridgehead atoms. The second-order valence-corrected chi connectivity index (χ2v) is 5.81. The van der Waals surface area contributed by atoms with E-state index in [1.165, 1.54) is 32.1 Å². The Morgan fingerprint density at radius 3 is 2.61 bits per heavy atom. The van der Waals surface area contributed by atoms with Crippen LogP contribution in [0.25, 0.3) is 0 Å². The lowest BCUT2D eigenvalue weighted by Gasteiger charge is -2.07. The van der Waals surface area contributed by atoms with Gasteiger partial charge in [0.1, 0.15) is 5.82 Å². The van der Waals surface area contributed by atoms with Crippen LogP contribution >= 0.6 is 0 Å². The van der Waals surface area contributed by atoms with Gasteiger partial charge in [0.05, 0.1) is 0 Å². The van der Waals surface area contributed by atoms with Crippen molar-refractivity contribution in [2.75, 3.05) is 25.0 Å². The van der Waals surface area contributed by atoms with Gasteiger partial charge in [0.25, 0.3) is 0 Å². The fourth-order valence-corrected chi connectivity index (χ4v) is 2.30. The minimum Gasteiger partial charge on any atom is -0.370 e. The van der Waals surface area contributed by atoms with Gasteiger partial charge in [-0.2, -0.15) is 0 Å². The van der Waals surface area contributed by atoms with Crippen molar-refractivity contribution in [3.8, 4) is 0 Å². The highest BCUT2D eigenvalue weighted by molar-refractivity contribution is 5.77. The molecule has 0 aliphatic rings. The molecule has 1 rings (SSSR count). The Hall–Kier alpha value is -1.78. The van der Waals surface area contributed by atoms with Gasteiger partial charge in [-0.05, 0) is 31.4 Å². The summed E-state index contributed by atoms with van der Waals surface area (Å²) >= 11 is 0. The largest absolute Gasteiger partial charge is 0.370 e. The van der Waals surface area contributed by atoms with Gasteiger partial charge < -0.3 is 16.4 Å². The van der Waals surface area contributed by atoms with Gasteiger partial charge in [-0.15, -0.1) is 0 Å². The molecule has 1 heterocycles. The summed E-state index contributed by atoms with van der Waals surface area (Å²) in [5.74, 6) is 1.51. The number of unbranched alkanes of at least 4 members (excludes halogenated alkanes) is 6. The summed E-state index contributed by atoms with van der Waals surface area (Å²) in [4.78, 5) is 8.59. The number of rotatable bonds is 13. The van der Waals surface area contributed by atoms with E-state index in [2.05, 4.69) is 27.5 Å². The Bertz CT molecular complexity index is 405. The Morgan fingerprint density at radius 1 is 1.04 bits per heavy atom. The lowest BCUT2D eigenvalue weighted by molar-refractivity contribution is 0.611. The number of aliphatic imine (C=N–C) groups is 1. The highest BCUT2D eigenvalue weighted by atomic mass is 15.1. The summed E-state index contributed by atoms with van der Waals surface area (Å²) in [5, 5.41) is 6.47. The molecule has 0 aromatic carbocycles. The second-order valence-electron chi connectivity index (χ2n) is 5.81. The molecule has 130 valence electrons. The number of nitrogens with two attached hydrogens (primary N) is 1. The third-order valence-corrected chi connectivity index (χ3v) is 3.67. The molecule has 0 saturated carbocycles. The average Bonchev–Trinajstić information content (AvgIpc) is 2.58. The molecule has 0 spiro atoms. The zero-order valence-electron chi connectivity index (χ0n) is 14.6. The highest BCUT2D eigenvalue weighted by Gasteiger charge is 1.94. The van der Waals surface area contributed by atoms with Gasteiger partial charge in [0.15, 0.2) is 5.96 Å². The molecule has 23 heavy (non-hydrogen) atoms. The van der Waals surface area contributed by atoms with Crippen LogP contribution in [0.5, 0.6) is 0 Å². The van der Waals surface area contributed by atoms with E-state index in [0.717, 1.165) is 44.7 Å². The predicted octanol–water partition coefficient (Wildman–Crippen LogP) is 3.54. The average molecular weight is 319 g/mol. The quantitative estimate of drug-likeness (QED) is 0.295. The Balaban J connectivity index is 1.91. The molecule has 0 atom stereocenters. The molecule has 0 saturated heterocycles. The predicted molar refractivity (Wildman–Crippen MR) is 99.8 cm³/mol. The van der Waals surface area contributed by atoms with E-state index in [9.17, 15) is 0 Å². The number of hydrogen-bond acceptors (Lipinski definition) is 3. The molecular formula is C18H33N5. The van der Waals surface area contributed by atoms with Gasteiger partial charge in [-0.25, -0.2) is 4.98 Å². The van der Waals surface area contributed by atoms with Crippen LogP contribution in [-0.2, 0) is 0 Å². The van der Waals surface area contributed by atoms with Crippen molar-refractivity contribution < 1.29 is 0 Å². The van der Waals surface area contributed by atoms with Gasteiger partial charge in [-0.3, -0.25) is 4.99 Å². The Labute approximate surface area is 141 Å². The Kier molecular flexibility index (Phi) is 11.6. The van der Waals surface area contributed by atoms with Crippen LogP contribution in [-0.4, -0.2) is 30.6 Å². The molecule has 0 fully saturated rings. The zero-order valence-corrected chi connectivity index (χ0v) is 14.6. The van der Waals surface area contributed by atoms with E-state index in [-0.39, 0.29) is 0 Å². The first kappa shape index (κ1) is 19.3. The normalized spacial score (nSPS) is 11.4. The number of hydrogen-bond donors (Lipinski definition) is 3. The third kappa shape index (κ3) is 11.4. The van der Waals surface area contributed by atoms with Crippen LogP contribution in [0.15, 0.2) is 29.4 Å². The summed E-state index contributed by atoms with van der Waals surface area (Å²) < 4.78 is 0. The minimum atomic E-state index is 0.580. The van der Waals surface area contributed by atoms with E-state index in [1.807, 2.05) is 18.2 Å². The van der Waals surface area contributed by atoms with Gasteiger partial charge >= 0.3 is 0 Å². The standard InChI is InChI=1S/C18H33N5/c1-2-3-4-5-6-8-15-22-18(19)23-16-11-10-14-21-17-12-7-9-13-20-17/h7,9,12-13H,2-6,8,10-11,14-16H2,1H3,(H,20,21)(H3,19,22,23). The molecule has 0 aliphatic carbocycles. The van der Waals surface area contributed by atoms with Crippen LogP contribution in [0.3, 0.4) is 0 Å². The van der Waals surface area contributed by atoms with Crippen LogP contribution in [0.1, 0.15) is 58.3 Å². The van der Waals surface area contributed by atoms with Crippen LogP contribution < -0.4 is 16.4 Å². The first-order valence-corrected chi connectivity index (χ1v) is 9.01. The first-order chi connectivity index (χ1) is 11.3. The zero-order chi connectivity index (χ0) is 16.6. The van der Waals surface area contributed by atoms with Gasteiger partial charge in [-0.1, -0.05) is 45.1 Å². The summed E-state index contributed by atoms with van der Waals surface area (Å²) in [5.41, 5.74) is 5.86. The molecule has 5 heteroatoms. The monoisotopic (exact) mass is 319 g/mol. The topological polar surface area (TPSA) is 75.3 Å². The molecule has 0 aliphatic heterocycles. The Morgan fingerprint density at radius 2 is 1.83 bits per heavy atom. The van der Waals surface area contributed by atoms with Crippen molar-refractivity contribution >= 4 is 11.8 Å². The van der Waals surface area contributed by atoms with Crippen molar-refractivity contribution in [2.45, 2.75) is 58.3 Å². The number of pyridine rings is 1. The van der Waals surface area contributed by atoms with E-state index in [4.69, 9.17) is 5.73 Å². The molecule has 5 nitrogen and oxygen atoms in total. The van der Waals surface area contributed by atoms with Crippen molar-refractivity contribution in [3.05, 3.63) is 24.4 Å². The molecule has 0 radical (unpaired) electrons. The number of aromatic nitrogens is 1. The summed E-state index contributed by atoms with van der Waals surface area (Å²) in [6.45, 7) is 4.88. The molecule has 0 unspecified atom stereocenters. The van der Waals surface area contributed by atoms with Crippen molar-refractivity contribution in [3.63, 3.8) is 0 Å². The van der Waals surface area contributed by atoms with Crippen molar-refractivity contribution in [2.24, 2.45) is 10.7 Å². The first-order valence-electron chi connectivity index (χ1n) is 9.01. The lowest BCUT2D eigenvalue weighted by atomic mass is 10.1.